The van der Waals surface area contributed by atoms with Gasteiger partial charge in [-0.1, -0.05) is 12.1 Å². The second kappa shape index (κ2) is 6.10. The van der Waals surface area contributed by atoms with Crippen LogP contribution >= 0.6 is 0 Å². The van der Waals surface area contributed by atoms with Gasteiger partial charge in [0.1, 0.15) is 17.1 Å². The van der Waals surface area contributed by atoms with Crippen LogP contribution in [0.5, 0.6) is 5.75 Å². The lowest BCUT2D eigenvalue weighted by Gasteiger charge is -2.06. The van der Waals surface area contributed by atoms with Gasteiger partial charge in [0.25, 0.3) is 5.91 Å². The molecule has 0 fully saturated rings. The first kappa shape index (κ1) is 13.9. The summed E-state index contributed by atoms with van der Waals surface area (Å²) in [4.78, 5) is 11.9. The number of carbonyl (C=O) groups is 1. The van der Waals surface area contributed by atoms with Crippen LogP contribution in [-0.2, 0) is 13.5 Å². The van der Waals surface area contributed by atoms with E-state index in [2.05, 4.69) is 10.4 Å². The smallest absolute Gasteiger partial charge is 0.256 e. The molecule has 0 atom stereocenters. The van der Waals surface area contributed by atoms with Gasteiger partial charge in [0.15, 0.2) is 0 Å². The first-order valence-electron chi connectivity index (χ1n) is 6.30. The first-order chi connectivity index (χ1) is 9.61. The summed E-state index contributed by atoms with van der Waals surface area (Å²) in [5, 5.41) is 6.77. The number of hydrogen-bond acceptors (Lipinski definition) is 4. The van der Waals surface area contributed by atoms with E-state index in [1.54, 1.807) is 14.2 Å². The highest BCUT2D eigenvalue weighted by atomic mass is 16.5. The minimum Gasteiger partial charge on any atom is -0.497 e. The van der Waals surface area contributed by atoms with E-state index in [9.17, 15) is 4.79 Å². The monoisotopic (exact) mass is 274 g/mol. The van der Waals surface area contributed by atoms with Gasteiger partial charge in [0.2, 0.25) is 0 Å². The molecule has 0 saturated carbocycles. The van der Waals surface area contributed by atoms with E-state index in [1.165, 1.54) is 10.9 Å². The molecule has 0 aliphatic heterocycles. The van der Waals surface area contributed by atoms with E-state index in [0.29, 0.717) is 17.9 Å². The fourth-order valence-corrected chi connectivity index (χ4v) is 1.87. The van der Waals surface area contributed by atoms with Crippen molar-refractivity contribution in [3.8, 4) is 5.75 Å². The summed E-state index contributed by atoms with van der Waals surface area (Å²) in [5.74, 6) is 0.965. The Morgan fingerprint density at radius 2 is 2.30 bits per heavy atom. The first-order valence-corrected chi connectivity index (χ1v) is 6.30. The van der Waals surface area contributed by atoms with E-state index in [4.69, 9.17) is 10.5 Å². The number of aromatic nitrogens is 2. The number of nitrogens with two attached hydrogens (primary N) is 1. The number of nitrogens with one attached hydrogen (secondary N) is 1. The lowest BCUT2D eigenvalue weighted by Crippen LogP contribution is -2.26. The SMILES string of the molecule is COc1cccc(CCNC(=O)c2cnn(C)c2N)c1. The molecular formula is C14H18N4O2. The van der Waals surface area contributed by atoms with Crippen LogP contribution in [-0.4, -0.2) is 29.3 Å². The predicted molar refractivity (Wildman–Crippen MR) is 76.7 cm³/mol. The normalized spacial score (nSPS) is 10.3. The maximum absolute atomic E-state index is 11.9. The van der Waals surface area contributed by atoms with Gasteiger partial charge >= 0.3 is 0 Å². The van der Waals surface area contributed by atoms with E-state index < -0.39 is 0 Å². The topological polar surface area (TPSA) is 82.2 Å². The molecule has 0 aliphatic rings. The van der Waals surface area contributed by atoms with Crippen molar-refractivity contribution in [2.45, 2.75) is 6.42 Å². The highest BCUT2D eigenvalue weighted by Crippen LogP contribution is 2.13. The molecule has 6 nitrogen and oxygen atoms in total. The Morgan fingerprint density at radius 1 is 1.50 bits per heavy atom. The summed E-state index contributed by atoms with van der Waals surface area (Å²) in [6.07, 6.45) is 2.19. The van der Waals surface area contributed by atoms with Gasteiger partial charge in [-0.05, 0) is 24.1 Å². The van der Waals surface area contributed by atoms with Crippen LogP contribution in [0, 0.1) is 0 Å². The highest BCUT2D eigenvalue weighted by Gasteiger charge is 2.12. The van der Waals surface area contributed by atoms with Gasteiger partial charge in [-0.2, -0.15) is 5.10 Å². The Hall–Kier alpha value is -2.50. The van der Waals surface area contributed by atoms with Crippen LogP contribution in [0.15, 0.2) is 30.5 Å². The largest absolute Gasteiger partial charge is 0.497 e. The third-order valence-corrected chi connectivity index (χ3v) is 3.06. The molecule has 0 unspecified atom stereocenters. The van der Waals surface area contributed by atoms with Crippen molar-refractivity contribution in [2.75, 3.05) is 19.4 Å². The summed E-state index contributed by atoms with van der Waals surface area (Å²) < 4.78 is 6.62. The summed E-state index contributed by atoms with van der Waals surface area (Å²) >= 11 is 0. The predicted octanol–water partition coefficient (Wildman–Crippen LogP) is 0.983. The summed E-state index contributed by atoms with van der Waals surface area (Å²) in [6.45, 7) is 0.528. The van der Waals surface area contributed by atoms with Crippen molar-refractivity contribution in [1.82, 2.24) is 15.1 Å². The number of amides is 1. The minimum atomic E-state index is -0.210. The molecule has 2 rings (SSSR count). The number of nitrogens with zero attached hydrogens (tertiary/aromatic N) is 2. The molecule has 0 aliphatic carbocycles. The Labute approximate surface area is 117 Å². The van der Waals surface area contributed by atoms with E-state index >= 15 is 0 Å². The summed E-state index contributed by atoms with van der Waals surface area (Å²) in [7, 11) is 3.33. The van der Waals surface area contributed by atoms with Gasteiger partial charge in [0.05, 0.1) is 13.3 Å². The third-order valence-electron chi connectivity index (χ3n) is 3.06. The zero-order valence-electron chi connectivity index (χ0n) is 11.6. The number of hydrogen-bond donors (Lipinski definition) is 2. The molecule has 0 saturated heterocycles. The maximum atomic E-state index is 11.9. The summed E-state index contributed by atoms with van der Waals surface area (Å²) in [6, 6.07) is 7.76. The highest BCUT2D eigenvalue weighted by molar-refractivity contribution is 5.98. The molecule has 106 valence electrons. The zero-order chi connectivity index (χ0) is 14.5. The van der Waals surface area contributed by atoms with E-state index in [1.807, 2.05) is 24.3 Å². The van der Waals surface area contributed by atoms with E-state index in [-0.39, 0.29) is 5.91 Å². The standard InChI is InChI=1S/C14H18N4O2/c1-18-13(15)12(9-17-18)14(19)16-7-6-10-4-3-5-11(8-10)20-2/h3-5,8-9H,6-7,15H2,1-2H3,(H,16,19). The second-order valence-electron chi connectivity index (χ2n) is 4.42. The summed E-state index contributed by atoms with van der Waals surface area (Å²) in [5.41, 5.74) is 7.25. The number of anilines is 1. The number of nitrogen functional groups attached to an aromatic ring is 1. The van der Waals surface area contributed by atoms with Crippen molar-refractivity contribution in [2.24, 2.45) is 7.05 Å². The molecule has 20 heavy (non-hydrogen) atoms. The van der Waals surface area contributed by atoms with Crippen LogP contribution in [0.1, 0.15) is 15.9 Å². The molecule has 6 heteroatoms. The van der Waals surface area contributed by atoms with Crippen molar-refractivity contribution < 1.29 is 9.53 Å². The number of methoxy groups -OCH3 is 1. The maximum Gasteiger partial charge on any atom is 0.256 e. The Bertz CT molecular complexity index is 607. The van der Waals surface area contributed by atoms with Crippen molar-refractivity contribution in [3.63, 3.8) is 0 Å². The van der Waals surface area contributed by atoms with Crippen molar-refractivity contribution in [3.05, 3.63) is 41.6 Å². The third kappa shape index (κ3) is 3.09. The number of carbonyl (C=O) groups excluding carboxylic acids is 1. The Balaban J connectivity index is 1.89. The zero-order valence-corrected chi connectivity index (χ0v) is 11.6. The molecule has 1 aromatic heterocycles. The molecule has 0 radical (unpaired) electrons. The van der Waals surface area contributed by atoms with Crippen molar-refractivity contribution in [1.29, 1.82) is 0 Å². The van der Waals surface area contributed by atoms with Crippen LogP contribution in [0.25, 0.3) is 0 Å². The molecular weight excluding hydrogens is 256 g/mol. The molecule has 1 heterocycles. The average Bonchev–Trinajstić information content (AvgIpc) is 2.79. The van der Waals surface area contributed by atoms with Gasteiger partial charge in [-0.3, -0.25) is 9.48 Å². The van der Waals surface area contributed by atoms with Crippen LogP contribution in [0.2, 0.25) is 0 Å². The molecule has 1 amide bonds. The van der Waals surface area contributed by atoms with Crippen LogP contribution in [0.3, 0.4) is 0 Å². The van der Waals surface area contributed by atoms with Gasteiger partial charge < -0.3 is 15.8 Å². The fourth-order valence-electron chi connectivity index (χ4n) is 1.87. The minimum absolute atomic E-state index is 0.210. The van der Waals surface area contributed by atoms with Crippen LogP contribution in [0.4, 0.5) is 5.82 Å². The van der Waals surface area contributed by atoms with Gasteiger partial charge in [0, 0.05) is 13.6 Å². The Morgan fingerprint density at radius 3 is 2.95 bits per heavy atom. The lowest BCUT2D eigenvalue weighted by atomic mass is 10.1. The molecule has 0 bridgehead atoms. The van der Waals surface area contributed by atoms with Crippen LogP contribution < -0.4 is 15.8 Å². The van der Waals surface area contributed by atoms with Gasteiger partial charge in [-0.25, -0.2) is 0 Å². The second-order valence-corrected chi connectivity index (χ2v) is 4.42. The quantitative estimate of drug-likeness (QED) is 0.851. The Kier molecular flexibility index (Phi) is 4.24. The number of aryl methyl sites for hydroxylation is 1. The lowest BCUT2D eigenvalue weighted by molar-refractivity contribution is 0.0955. The molecule has 0 spiro atoms. The van der Waals surface area contributed by atoms with E-state index in [0.717, 1.165) is 17.7 Å². The fraction of sp³-hybridized carbons (Fsp3) is 0.286. The van der Waals surface area contributed by atoms with Gasteiger partial charge in [-0.15, -0.1) is 0 Å². The molecule has 1 aromatic carbocycles. The average molecular weight is 274 g/mol. The van der Waals surface area contributed by atoms with Crippen molar-refractivity contribution >= 4 is 11.7 Å². The number of ether oxygens (including phenoxy) is 1. The molecule has 3 N–H and O–H groups in total. The molecule has 2 aromatic rings. The number of benzene rings is 1. The number of rotatable bonds is 5.